The van der Waals surface area contributed by atoms with Crippen LogP contribution in [0.5, 0.6) is 0 Å². The Labute approximate surface area is 186 Å². The van der Waals surface area contributed by atoms with Gasteiger partial charge in [0.2, 0.25) is 5.91 Å². The molecule has 1 amide bonds. The maximum atomic E-state index is 13.1. The summed E-state index contributed by atoms with van der Waals surface area (Å²) in [5.74, 6) is 0.440. The highest BCUT2D eigenvalue weighted by Crippen LogP contribution is 2.34. The third-order valence-electron chi connectivity index (χ3n) is 6.25. The van der Waals surface area contributed by atoms with Crippen LogP contribution in [0.15, 0.2) is 18.2 Å². The van der Waals surface area contributed by atoms with E-state index in [1.807, 2.05) is 11.0 Å². The lowest BCUT2D eigenvalue weighted by molar-refractivity contribution is -0.137. The van der Waals surface area contributed by atoms with Gasteiger partial charge in [-0.1, -0.05) is 11.6 Å². The standard InChI is InChI=1S/C22H28ClF3N4O/c23-18-13-17(22(24,25)26)14-20(15-18)30-11-9-29(10-12-30)8-6-16-1-3-19(4-2-16)28-21(31)5-7-27/h13-16,19H,1-6,8-12H2,(H,28,31). The van der Waals surface area contributed by atoms with Crippen LogP contribution in [-0.4, -0.2) is 49.6 Å². The molecule has 1 saturated carbocycles. The van der Waals surface area contributed by atoms with Gasteiger partial charge in [-0.3, -0.25) is 9.69 Å². The molecule has 1 saturated heterocycles. The van der Waals surface area contributed by atoms with Crippen LogP contribution in [0.25, 0.3) is 0 Å². The summed E-state index contributed by atoms with van der Waals surface area (Å²) in [6, 6.07) is 5.79. The molecule has 1 aliphatic heterocycles. The summed E-state index contributed by atoms with van der Waals surface area (Å²) in [5.41, 5.74) is -0.187. The zero-order valence-corrected chi connectivity index (χ0v) is 18.2. The molecule has 9 heteroatoms. The van der Waals surface area contributed by atoms with Crippen LogP contribution >= 0.6 is 11.6 Å². The van der Waals surface area contributed by atoms with Crippen LogP contribution in [0.4, 0.5) is 18.9 Å². The number of alkyl halides is 3. The zero-order chi connectivity index (χ0) is 22.4. The van der Waals surface area contributed by atoms with Crippen molar-refractivity contribution in [3.8, 4) is 6.07 Å². The minimum absolute atomic E-state index is 0.0847. The second-order valence-corrected chi connectivity index (χ2v) is 8.87. The van der Waals surface area contributed by atoms with Crippen molar-refractivity contribution in [2.24, 2.45) is 5.92 Å². The van der Waals surface area contributed by atoms with Crippen molar-refractivity contribution in [1.82, 2.24) is 10.2 Å². The van der Waals surface area contributed by atoms with Crippen LogP contribution in [-0.2, 0) is 11.0 Å². The predicted molar refractivity (Wildman–Crippen MR) is 114 cm³/mol. The summed E-state index contributed by atoms with van der Waals surface area (Å²) in [5, 5.41) is 11.6. The summed E-state index contributed by atoms with van der Waals surface area (Å²) in [6.45, 7) is 3.96. The van der Waals surface area contributed by atoms with Gasteiger partial charge in [0.1, 0.15) is 6.42 Å². The second-order valence-electron chi connectivity index (χ2n) is 8.43. The number of nitrogens with zero attached hydrogens (tertiary/aromatic N) is 3. The highest BCUT2D eigenvalue weighted by atomic mass is 35.5. The van der Waals surface area contributed by atoms with Crippen LogP contribution in [0.3, 0.4) is 0 Å². The quantitative estimate of drug-likeness (QED) is 0.686. The summed E-state index contributed by atoms with van der Waals surface area (Å²) < 4.78 is 39.2. The minimum Gasteiger partial charge on any atom is -0.369 e. The Morgan fingerprint density at radius 2 is 1.81 bits per heavy atom. The number of amides is 1. The Kier molecular flexibility index (Phi) is 8.06. The molecule has 1 aromatic carbocycles. The fraction of sp³-hybridized carbons (Fsp3) is 0.636. The van der Waals surface area contributed by atoms with E-state index in [9.17, 15) is 18.0 Å². The number of hydrogen-bond donors (Lipinski definition) is 1. The van der Waals surface area contributed by atoms with E-state index in [-0.39, 0.29) is 23.4 Å². The highest BCUT2D eigenvalue weighted by molar-refractivity contribution is 6.31. The largest absolute Gasteiger partial charge is 0.416 e. The van der Waals surface area contributed by atoms with Crippen molar-refractivity contribution in [3.63, 3.8) is 0 Å². The normalized spacial score (nSPS) is 22.7. The molecule has 1 aliphatic carbocycles. The average molecular weight is 457 g/mol. The first-order valence-corrected chi connectivity index (χ1v) is 11.1. The molecule has 0 radical (unpaired) electrons. The van der Waals surface area contributed by atoms with Crippen molar-refractivity contribution < 1.29 is 18.0 Å². The number of halogens is 4. The van der Waals surface area contributed by atoms with Gasteiger partial charge >= 0.3 is 6.18 Å². The third kappa shape index (κ3) is 7.01. The maximum Gasteiger partial charge on any atom is 0.416 e. The Hall–Kier alpha value is -1.98. The summed E-state index contributed by atoms with van der Waals surface area (Å²) in [4.78, 5) is 15.9. The molecule has 0 unspecified atom stereocenters. The van der Waals surface area contributed by atoms with E-state index in [0.29, 0.717) is 24.7 Å². The minimum atomic E-state index is -4.40. The highest BCUT2D eigenvalue weighted by Gasteiger charge is 2.32. The van der Waals surface area contributed by atoms with Gasteiger partial charge in [-0.25, -0.2) is 0 Å². The molecule has 1 N–H and O–H groups in total. The molecule has 3 rings (SSSR count). The predicted octanol–water partition coefficient (Wildman–Crippen LogP) is 4.46. The SMILES string of the molecule is N#CCC(=O)NC1CCC(CCN2CCN(c3cc(Cl)cc(C(F)(F)F)c3)CC2)CC1. The van der Waals surface area contributed by atoms with Gasteiger partial charge in [0.15, 0.2) is 0 Å². The number of nitrogens with one attached hydrogen (secondary N) is 1. The van der Waals surface area contributed by atoms with Gasteiger partial charge in [-0.15, -0.1) is 0 Å². The molecule has 0 bridgehead atoms. The number of piperazine rings is 1. The fourth-order valence-electron chi connectivity index (χ4n) is 4.46. The van der Waals surface area contributed by atoms with E-state index in [0.717, 1.165) is 57.8 Å². The number of anilines is 1. The summed E-state index contributed by atoms with van der Waals surface area (Å²) >= 11 is 5.92. The smallest absolute Gasteiger partial charge is 0.369 e. The Morgan fingerprint density at radius 3 is 2.42 bits per heavy atom. The van der Waals surface area contributed by atoms with Crippen molar-refractivity contribution in [3.05, 3.63) is 28.8 Å². The first-order valence-electron chi connectivity index (χ1n) is 10.8. The van der Waals surface area contributed by atoms with Gasteiger partial charge < -0.3 is 10.2 Å². The molecule has 1 aromatic rings. The second kappa shape index (κ2) is 10.6. The fourth-order valence-corrected chi connectivity index (χ4v) is 4.69. The van der Waals surface area contributed by atoms with Crippen LogP contribution in [0.2, 0.25) is 5.02 Å². The van der Waals surface area contributed by atoms with Gasteiger partial charge in [0.05, 0.1) is 11.6 Å². The molecule has 170 valence electrons. The van der Waals surface area contributed by atoms with E-state index >= 15 is 0 Å². The molecular formula is C22H28ClF3N4O. The molecule has 0 spiro atoms. The summed E-state index contributed by atoms with van der Waals surface area (Å²) in [6.07, 6.45) is 0.643. The first kappa shape index (κ1) is 23.7. The van der Waals surface area contributed by atoms with Gasteiger partial charge in [-0.2, -0.15) is 18.4 Å². The molecule has 0 atom stereocenters. The van der Waals surface area contributed by atoms with E-state index < -0.39 is 11.7 Å². The number of carbonyl (C=O) groups excluding carboxylic acids is 1. The Morgan fingerprint density at radius 1 is 1.13 bits per heavy atom. The van der Waals surface area contributed by atoms with Gasteiger partial charge in [0.25, 0.3) is 0 Å². The zero-order valence-electron chi connectivity index (χ0n) is 17.4. The lowest BCUT2D eigenvalue weighted by Gasteiger charge is -2.37. The molecule has 0 aromatic heterocycles. The number of nitriles is 1. The molecular weight excluding hydrogens is 429 g/mol. The third-order valence-corrected chi connectivity index (χ3v) is 6.47. The Balaban J connectivity index is 1.40. The average Bonchev–Trinajstić information content (AvgIpc) is 2.73. The molecule has 2 fully saturated rings. The molecule has 1 heterocycles. The topological polar surface area (TPSA) is 59.4 Å². The number of benzene rings is 1. The summed E-state index contributed by atoms with van der Waals surface area (Å²) in [7, 11) is 0. The molecule has 31 heavy (non-hydrogen) atoms. The molecule has 2 aliphatic rings. The van der Waals surface area contributed by atoms with Crippen LogP contribution in [0, 0.1) is 17.2 Å². The van der Waals surface area contributed by atoms with Crippen LogP contribution < -0.4 is 10.2 Å². The van der Waals surface area contributed by atoms with Crippen molar-refractivity contribution in [2.75, 3.05) is 37.6 Å². The number of hydrogen-bond acceptors (Lipinski definition) is 4. The van der Waals surface area contributed by atoms with Crippen molar-refractivity contribution >= 4 is 23.2 Å². The molecule has 5 nitrogen and oxygen atoms in total. The lowest BCUT2D eigenvalue weighted by Crippen LogP contribution is -2.47. The first-order chi connectivity index (χ1) is 14.7. The lowest BCUT2D eigenvalue weighted by atomic mass is 9.84. The van der Waals surface area contributed by atoms with Crippen LogP contribution in [0.1, 0.15) is 44.1 Å². The number of rotatable bonds is 6. The van der Waals surface area contributed by atoms with Crippen molar-refractivity contribution in [2.45, 2.75) is 50.7 Å². The van der Waals surface area contributed by atoms with E-state index in [4.69, 9.17) is 16.9 Å². The number of carbonyl (C=O) groups is 1. The van der Waals surface area contributed by atoms with Crippen molar-refractivity contribution in [1.29, 1.82) is 5.26 Å². The maximum absolute atomic E-state index is 13.1. The Bertz CT molecular complexity index is 795. The van der Waals surface area contributed by atoms with Gasteiger partial charge in [0, 0.05) is 42.9 Å². The van der Waals surface area contributed by atoms with E-state index in [1.165, 1.54) is 6.07 Å². The van der Waals surface area contributed by atoms with E-state index in [2.05, 4.69) is 10.2 Å². The van der Waals surface area contributed by atoms with Gasteiger partial charge in [-0.05, 0) is 62.8 Å². The van der Waals surface area contributed by atoms with E-state index in [1.54, 1.807) is 6.07 Å². The monoisotopic (exact) mass is 456 g/mol.